The van der Waals surface area contributed by atoms with Gasteiger partial charge in [-0.05, 0) is 17.9 Å². The quantitative estimate of drug-likeness (QED) is 0.779. The third kappa shape index (κ3) is 3.07. The lowest BCUT2D eigenvalue weighted by Gasteiger charge is -2.23. The molecule has 0 saturated carbocycles. The van der Waals surface area contributed by atoms with Gasteiger partial charge in [0.2, 0.25) is 5.89 Å². The summed E-state index contributed by atoms with van der Waals surface area (Å²) in [5.41, 5.74) is 0.937. The van der Waals surface area contributed by atoms with Gasteiger partial charge in [0.15, 0.2) is 5.82 Å². The zero-order valence-electron chi connectivity index (χ0n) is 13.0. The smallest absolute Gasteiger partial charge is 0.236 e. The molecule has 1 aliphatic rings. The Morgan fingerprint density at radius 1 is 1.43 bits per heavy atom. The van der Waals surface area contributed by atoms with Crippen molar-refractivity contribution in [1.82, 2.24) is 25.1 Å². The van der Waals surface area contributed by atoms with Crippen molar-refractivity contribution in [1.29, 1.82) is 0 Å². The molecule has 0 bridgehead atoms. The Bertz CT molecular complexity index is 776. The number of oxazole rings is 1. The first kappa shape index (κ1) is 14.6. The van der Waals surface area contributed by atoms with Crippen LogP contribution in [0.1, 0.15) is 30.7 Å². The van der Waals surface area contributed by atoms with Crippen LogP contribution in [0.25, 0.3) is 10.8 Å². The first-order chi connectivity index (χ1) is 11.3. The molecule has 0 aromatic carbocycles. The number of thiophene rings is 1. The van der Waals surface area contributed by atoms with E-state index < -0.39 is 0 Å². The average Bonchev–Trinajstić information content (AvgIpc) is 3.30. The fourth-order valence-corrected chi connectivity index (χ4v) is 3.48. The molecule has 1 unspecified atom stereocenters. The summed E-state index contributed by atoms with van der Waals surface area (Å²) in [5, 5.41) is 10.1. The third-order valence-corrected chi connectivity index (χ3v) is 4.93. The standard InChI is InChI=1S/C16H19N5OS/c1-2-14-19-15-6-5-11(9-21(15)20-14)17-8-12-10-22-16(18-12)13-4-3-7-23-13/h3-4,7,10-11,17H,2,5-6,8-9H2,1H3. The lowest BCUT2D eigenvalue weighted by molar-refractivity contribution is 0.356. The zero-order chi connectivity index (χ0) is 15.6. The monoisotopic (exact) mass is 329 g/mol. The maximum Gasteiger partial charge on any atom is 0.236 e. The molecule has 4 rings (SSSR count). The molecule has 0 fully saturated rings. The van der Waals surface area contributed by atoms with Crippen molar-refractivity contribution in [2.75, 3.05) is 0 Å². The fraction of sp³-hybridized carbons (Fsp3) is 0.438. The van der Waals surface area contributed by atoms with Crippen molar-refractivity contribution in [3.8, 4) is 10.8 Å². The van der Waals surface area contributed by atoms with Gasteiger partial charge in [0.1, 0.15) is 12.1 Å². The summed E-state index contributed by atoms with van der Waals surface area (Å²) in [6, 6.07) is 4.42. The minimum absolute atomic E-state index is 0.399. The highest BCUT2D eigenvalue weighted by Crippen LogP contribution is 2.23. The Morgan fingerprint density at radius 2 is 2.39 bits per heavy atom. The predicted octanol–water partition coefficient (Wildman–Crippen LogP) is 2.66. The minimum Gasteiger partial charge on any atom is -0.444 e. The number of aromatic nitrogens is 4. The Kier molecular flexibility index (Phi) is 3.97. The number of nitrogens with zero attached hydrogens (tertiary/aromatic N) is 4. The molecule has 7 heteroatoms. The van der Waals surface area contributed by atoms with Crippen LogP contribution in [0, 0.1) is 0 Å². The number of fused-ring (bicyclic) bond motifs is 1. The maximum atomic E-state index is 5.55. The Morgan fingerprint density at radius 3 is 3.22 bits per heavy atom. The molecule has 0 amide bonds. The van der Waals surface area contributed by atoms with Gasteiger partial charge in [0.25, 0.3) is 0 Å². The van der Waals surface area contributed by atoms with Gasteiger partial charge in [-0.2, -0.15) is 5.10 Å². The van der Waals surface area contributed by atoms with Gasteiger partial charge >= 0.3 is 0 Å². The van der Waals surface area contributed by atoms with E-state index in [9.17, 15) is 0 Å². The lowest BCUT2D eigenvalue weighted by Crippen LogP contribution is -2.37. The molecule has 120 valence electrons. The summed E-state index contributed by atoms with van der Waals surface area (Å²) in [6.07, 6.45) is 4.69. The van der Waals surface area contributed by atoms with Gasteiger partial charge in [-0.25, -0.2) is 14.6 Å². The van der Waals surface area contributed by atoms with E-state index in [4.69, 9.17) is 4.42 Å². The molecule has 1 atom stereocenters. The minimum atomic E-state index is 0.399. The normalized spacial score (nSPS) is 17.3. The van der Waals surface area contributed by atoms with E-state index in [1.807, 2.05) is 22.2 Å². The van der Waals surface area contributed by atoms with Gasteiger partial charge in [-0.15, -0.1) is 11.3 Å². The Labute approximate surface area is 138 Å². The average molecular weight is 329 g/mol. The van der Waals surface area contributed by atoms with E-state index in [0.29, 0.717) is 18.5 Å². The van der Waals surface area contributed by atoms with Crippen LogP contribution in [-0.2, 0) is 25.9 Å². The van der Waals surface area contributed by atoms with E-state index in [-0.39, 0.29) is 0 Å². The van der Waals surface area contributed by atoms with Crippen LogP contribution in [0.4, 0.5) is 0 Å². The van der Waals surface area contributed by atoms with E-state index >= 15 is 0 Å². The molecule has 6 nitrogen and oxygen atoms in total. The lowest BCUT2D eigenvalue weighted by atomic mass is 10.1. The van der Waals surface area contributed by atoms with E-state index in [1.54, 1.807) is 17.6 Å². The zero-order valence-corrected chi connectivity index (χ0v) is 13.8. The van der Waals surface area contributed by atoms with Crippen LogP contribution in [0.3, 0.4) is 0 Å². The summed E-state index contributed by atoms with van der Waals surface area (Å²) in [7, 11) is 0. The van der Waals surface area contributed by atoms with Crippen molar-refractivity contribution in [2.45, 2.75) is 45.3 Å². The van der Waals surface area contributed by atoms with Crippen molar-refractivity contribution < 1.29 is 4.42 Å². The second-order valence-electron chi connectivity index (χ2n) is 5.72. The maximum absolute atomic E-state index is 5.55. The highest BCUT2D eigenvalue weighted by Gasteiger charge is 2.21. The molecule has 0 saturated heterocycles. The van der Waals surface area contributed by atoms with Gasteiger partial charge in [-0.3, -0.25) is 0 Å². The van der Waals surface area contributed by atoms with Crippen molar-refractivity contribution in [3.05, 3.63) is 41.1 Å². The van der Waals surface area contributed by atoms with Gasteiger partial charge in [0, 0.05) is 25.4 Å². The topological polar surface area (TPSA) is 68.8 Å². The molecule has 1 N–H and O–H groups in total. The van der Waals surface area contributed by atoms with Crippen LogP contribution in [0.2, 0.25) is 0 Å². The molecule has 0 spiro atoms. The summed E-state index contributed by atoms with van der Waals surface area (Å²) in [4.78, 5) is 10.2. The molecule has 4 heterocycles. The number of hydrogen-bond acceptors (Lipinski definition) is 6. The first-order valence-electron chi connectivity index (χ1n) is 7.96. The summed E-state index contributed by atoms with van der Waals surface area (Å²) >= 11 is 1.64. The van der Waals surface area contributed by atoms with Crippen molar-refractivity contribution in [2.24, 2.45) is 0 Å². The van der Waals surface area contributed by atoms with E-state index in [0.717, 1.165) is 48.0 Å². The van der Waals surface area contributed by atoms with Gasteiger partial charge < -0.3 is 9.73 Å². The van der Waals surface area contributed by atoms with E-state index in [1.165, 1.54) is 0 Å². The predicted molar refractivity (Wildman–Crippen MR) is 88.2 cm³/mol. The second-order valence-corrected chi connectivity index (χ2v) is 6.67. The summed E-state index contributed by atoms with van der Waals surface area (Å²) in [5.74, 6) is 2.76. The van der Waals surface area contributed by atoms with Crippen molar-refractivity contribution >= 4 is 11.3 Å². The molecule has 23 heavy (non-hydrogen) atoms. The summed E-state index contributed by atoms with van der Waals surface area (Å²) < 4.78 is 7.60. The molecule has 0 aliphatic carbocycles. The van der Waals surface area contributed by atoms with Crippen molar-refractivity contribution in [3.63, 3.8) is 0 Å². The van der Waals surface area contributed by atoms with Crippen LogP contribution < -0.4 is 5.32 Å². The molecular weight excluding hydrogens is 310 g/mol. The molecule has 3 aromatic rings. The highest BCUT2D eigenvalue weighted by atomic mass is 32.1. The fourth-order valence-electron chi connectivity index (χ4n) is 2.83. The molecular formula is C16H19N5OS. The Balaban J connectivity index is 1.36. The largest absolute Gasteiger partial charge is 0.444 e. The number of hydrogen-bond donors (Lipinski definition) is 1. The van der Waals surface area contributed by atoms with Gasteiger partial charge in [0.05, 0.1) is 17.1 Å². The van der Waals surface area contributed by atoms with Crippen LogP contribution in [-0.4, -0.2) is 25.8 Å². The second kappa shape index (κ2) is 6.25. The van der Waals surface area contributed by atoms with Crippen LogP contribution in [0.15, 0.2) is 28.2 Å². The SMILES string of the molecule is CCc1nc2n(n1)CC(NCc1coc(-c3cccs3)n1)CC2. The third-order valence-electron chi connectivity index (χ3n) is 4.07. The number of rotatable bonds is 5. The molecule has 1 aliphatic heterocycles. The van der Waals surface area contributed by atoms with Gasteiger partial charge in [-0.1, -0.05) is 13.0 Å². The number of aryl methyl sites for hydroxylation is 2. The summed E-state index contributed by atoms with van der Waals surface area (Å²) in [6.45, 7) is 3.68. The van der Waals surface area contributed by atoms with Crippen LogP contribution in [0.5, 0.6) is 0 Å². The first-order valence-corrected chi connectivity index (χ1v) is 8.84. The van der Waals surface area contributed by atoms with Crippen LogP contribution >= 0.6 is 11.3 Å². The molecule has 0 radical (unpaired) electrons. The molecule has 3 aromatic heterocycles. The Hall–Kier alpha value is -1.99. The highest BCUT2D eigenvalue weighted by molar-refractivity contribution is 7.13. The van der Waals surface area contributed by atoms with E-state index in [2.05, 4.69) is 27.3 Å². The number of nitrogens with one attached hydrogen (secondary N) is 1.